The Morgan fingerprint density at radius 3 is 2.44 bits per heavy atom. The Morgan fingerprint density at radius 1 is 0.944 bits per heavy atom. The van der Waals surface area contributed by atoms with Crippen LogP contribution >= 0.6 is 11.8 Å². The molecule has 3 aromatic carbocycles. The molecular weight excluding hydrogens is 470 g/mol. The molecule has 7 heteroatoms. The molecule has 2 aliphatic heterocycles. The van der Waals surface area contributed by atoms with Gasteiger partial charge in [0.2, 0.25) is 0 Å². The second kappa shape index (κ2) is 10.3. The van der Waals surface area contributed by atoms with Gasteiger partial charge in [0.25, 0.3) is 5.91 Å². The first-order valence-electron chi connectivity index (χ1n) is 11.6. The van der Waals surface area contributed by atoms with Crippen LogP contribution in [0.25, 0.3) is 11.8 Å². The van der Waals surface area contributed by atoms with E-state index in [-0.39, 0.29) is 11.4 Å². The molecule has 0 saturated heterocycles. The van der Waals surface area contributed by atoms with Crippen molar-refractivity contribution < 1.29 is 14.3 Å². The predicted octanol–water partition coefficient (Wildman–Crippen LogP) is 6.07. The largest absolute Gasteiger partial charge is 0.490 e. The molecule has 36 heavy (non-hydrogen) atoms. The molecule has 3 aromatic rings. The third-order valence-electron chi connectivity index (χ3n) is 5.86. The van der Waals surface area contributed by atoms with Crippen molar-refractivity contribution in [3.8, 4) is 11.5 Å². The monoisotopic (exact) mass is 495 g/mol. The van der Waals surface area contributed by atoms with Crippen molar-refractivity contribution in [1.82, 2.24) is 4.90 Å². The molecule has 180 valence electrons. The minimum Gasteiger partial charge on any atom is -0.490 e. The van der Waals surface area contributed by atoms with E-state index in [1.807, 2.05) is 92.1 Å². The zero-order valence-corrected chi connectivity index (χ0v) is 20.8. The molecule has 0 fully saturated rings. The Kier molecular flexibility index (Phi) is 6.73. The normalized spacial score (nSPS) is 16.1. The third kappa shape index (κ3) is 4.83. The lowest BCUT2D eigenvalue weighted by molar-refractivity contribution is -0.114. The van der Waals surface area contributed by atoms with Gasteiger partial charge in [-0.3, -0.25) is 15.1 Å². The maximum Gasteiger partial charge on any atom is 0.283 e. The van der Waals surface area contributed by atoms with Crippen molar-refractivity contribution in [2.75, 3.05) is 13.2 Å². The highest BCUT2D eigenvalue weighted by atomic mass is 32.2. The first kappa shape index (κ1) is 23.6. The molecule has 6 nitrogen and oxygen atoms in total. The average molecular weight is 496 g/mol. The molecule has 0 atom stereocenters. The van der Waals surface area contributed by atoms with Crippen molar-refractivity contribution in [2.24, 2.45) is 4.99 Å². The molecule has 5 rings (SSSR count). The summed E-state index contributed by atoms with van der Waals surface area (Å²) in [5, 5.41) is 11.2. The number of fused-ring (bicyclic) bond motifs is 1. The number of amidine groups is 2. The minimum atomic E-state index is -0.421. The molecule has 0 aliphatic carbocycles. The van der Waals surface area contributed by atoms with Crippen LogP contribution in [0.15, 0.2) is 88.8 Å². The fourth-order valence-electron chi connectivity index (χ4n) is 4.11. The summed E-state index contributed by atoms with van der Waals surface area (Å²) >= 11 is 1.35. The van der Waals surface area contributed by atoms with E-state index in [9.17, 15) is 4.79 Å². The van der Waals surface area contributed by atoms with Crippen LogP contribution < -0.4 is 9.47 Å². The molecule has 0 spiro atoms. The van der Waals surface area contributed by atoms with Crippen LogP contribution in [0.1, 0.15) is 22.3 Å². The molecule has 0 bridgehead atoms. The van der Waals surface area contributed by atoms with Crippen LogP contribution in [-0.2, 0) is 4.79 Å². The van der Waals surface area contributed by atoms with Crippen molar-refractivity contribution in [3.05, 3.63) is 106 Å². The Labute approximate surface area is 214 Å². The van der Waals surface area contributed by atoms with E-state index in [1.54, 1.807) is 11.0 Å². The highest BCUT2D eigenvalue weighted by Gasteiger charge is 2.36. The van der Waals surface area contributed by atoms with Crippen LogP contribution in [0.5, 0.6) is 11.5 Å². The topological polar surface area (TPSA) is 75.0 Å². The summed E-state index contributed by atoms with van der Waals surface area (Å²) in [6, 6.07) is 23.3. The van der Waals surface area contributed by atoms with Gasteiger partial charge in [0.15, 0.2) is 5.17 Å². The molecule has 2 heterocycles. The van der Waals surface area contributed by atoms with Gasteiger partial charge in [0, 0.05) is 5.41 Å². The van der Waals surface area contributed by atoms with Crippen LogP contribution in [0, 0.1) is 19.3 Å². The Balaban J connectivity index is 1.29. The summed E-state index contributed by atoms with van der Waals surface area (Å²) in [4.78, 5) is 18.7. The van der Waals surface area contributed by atoms with E-state index in [1.165, 1.54) is 11.8 Å². The Hall–Kier alpha value is -4.10. The van der Waals surface area contributed by atoms with E-state index >= 15 is 0 Å². The zero-order valence-electron chi connectivity index (χ0n) is 20.0. The lowest BCUT2D eigenvalue weighted by Gasteiger charge is -2.26. The second-order valence-electron chi connectivity index (χ2n) is 8.42. The number of para-hydroxylation sites is 1. The van der Waals surface area contributed by atoms with Gasteiger partial charge < -0.3 is 9.47 Å². The van der Waals surface area contributed by atoms with Crippen LogP contribution in [0.4, 0.5) is 0 Å². The number of ether oxygens (including phenoxy) is 2. The second-order valence-corrected chi connectivity index (χ2v) is 9.26. The molecule has 0 radical (unpaired) electrons. The van der Waals surface area contributed by atoms with Crippen molar-refractivity contribution in [3.63, 3.8) is 0 Å². The first-order valence-corrected chi connectivity index (χ1v) is 12.5. The highest BCUT2D eigenvalue weighted by Crippen LogP contribution is 2.37. The van der Waals surface area contributed by atoms with Gasteiger partial charge in [-0.15, -0.1) is 0 Å². The fraction of sp³-hybridized carbons (Fsp3) is 0.138. The number of thioether (sulfide) groups is 1. The zero-order chi connectivity index (χ0) is 25.1. The smallest absolute Gasteiger partial charge is 0.283 e. The third-order valence-corrected chi connectivity index (χ3v) is 6.69. The number of carbonyl (C=O) groups excluding carboxylic acids is 1. The maximum atomic E-state index is 12.8. The van der Waals surface area contributed by atoms with Gasteiger partial charge in [-0.1, -0.05) is 72.4 Å². The number of amides is 1. The van der Waals surface area contributed by atoms with Gasteiger partial charge in [-0.2, -0.15) is 4.99 Å². The summed E-state index contributed by atoms with van der Waals surface area (Å²) in [6.45, 7) is 4.85. The molecule has 2 aliphatic rings. The van der Waals surface area contributed by atoms with Crippen molar-refractivity contribution >= 4 is 40.4 Å². The highest BCUT2D eigenvalue weighted by molar-refractivity contribution is 8.17. The average Bonchev–Trinajstić information content (AvgIpc) is 3.30. The van der Waals surface area contributed by atoms with Gasteiger partial charge in [0.05, 0.1) is 11.3 Å². The van der Waals surface area contributed by atoms with E-state index in [0.29, 0.717) is 24.1 Å². The van der Waals surface area contributed by atoms with Gasteiger partial charge in [0.1, 0.15) is 30.5 Å². The molecular formula is C29H25N3O3S. The number of carbonyl (C=O) groups is 1. The Morgan fingerprint density at radius 2 is 1.67 bits per heavy atom. The summed E-state index contributed by atoms with van der Waals surface area (Å²) < 4.78 is 11.8. The number of aryl methyl sites for hydroxylation is 2. The molecule has 0 unspecified atom stereocenters. The number of hydrogen-bond donors (Lipinski definition) is 1. The van der Waals surface area contributed by atoms with Gasteiger partial charge >= 0.3 is 0 Å². The number of aliphatic imine (C=N–C) groups is 1. The van der Waals surface area contributed by atoms with E-state index < -0.39 is 5.91 Å². The van der Waals surface area contributed by atoms with Crippen molar-refractivity contribution in [2.45, 2.75) is 13.8 Å². The first-order chi connectivity index (χ1) is 17.5. The number of benzene rings is 3. The summed E-state index contributed by atoms with van der Waals surface area (Å²) in [6.07, 6.45) is 1.69. The SMILES string of the molecule is Cc1cccc(C)c1OCCOc1cccc(/C=C2/C(=N)N3C(c4ccccc4)=CSC3=NC2=O)c1. The van der Waals surface area contributed by atoms with Gasteiger partial charge in [-0.25, -0.2) is 0 Å². The van der Waals surface area contributed by atoms with E-state index in [0.717, 1.165) is 33.7 Å². The standard InChI is InChI=1S/C29H25N3O3S/c1-19-8-6-9-20(2)26(19)35-15-14-34-23-13-7-10-21(16-23)17-24-27(30)32-25(22-11-4-3-5-12-22)18-36-29(32)31-28(24)33/h3-13,16-18,30H,14-15H2,1-2H3/b24-17-,30-27?. The predicted molar refractivity (Wildman–Crippen MR) is 145 cm³/mol. The van der Waals surface area contributed by atoms with Crippen LogP contribution in [0.3, 0.4) is 0 Å². The lowest BCUT2D eigenvalue weighted by Crippen LogP contribution is -2.38. The number of nitrogens with zero attached hydrogens (tertiary/aromatic N) is 2. The maximum absolute atomic E-state index is 12.8. The Bertz CT molecular complexity index is 1410. The molecule has 1 amide bonds. The van der Waals surface area contributed by atoms with E-state index in [4.69, 9.17) is 14.9 Å². The number of nitrogens with one attached hydrogen (secondary N) is 1. The quantitative estimate of drug-likeness (QED) is 0.318. The lowest BCUT2D eigenvalue weighted by atomic mass is 10.1. The fourth-order valence-corrected chi connectivity index (χ4v) is 4.99. The summed E-state index contributed by atoms with van der Waals surface area (Å²) in [5.74, 6) is 1.24. The minimum absolute atomic E-state index is 0.110. The summed E-state index contributed by atoms with van der Waals surface area (Å²) in [5.41, 5.74) is 4.98. The molecule has 0 aromatic heterocycles. The summed E-state index contributed by atoms with van der Waals surface area (Å²) in [7, 11) is 0. The van der Waals surface area contributed by atoms with Crippen LogP contribution in [0.2, 0.25) is 0 Å². The number of hydrogen-bond acceptors (Lipinski definition) is 5. The number of rotatable bonds is 7. The van der Waals surface area contributed by atoms with Gasteiger partial charge in [-0.05, 0) is 54.3 Å². The van der Waals surface area contributed by atoms with Crippen LogP contribution in [-0.4, -0.2) is 35.0 Å². The van der Waals surface area contributed by atoms with Crippen molar-refractivity contribution in [1.29, 1.82) is 5.41 Å². The van der Waals surface area contributed by atoms with E-state index in [2.05, 4.69) is 4.99 Å². The molecule has 0 saturated carbocycles. The molecule has 1 N–H and O–H groups in total.